The van der Waals surface area contributed by atoms with E-state index in [1.807, 2.05) is 0 Å². The summed E-state index contributed by atoms with van der Waals surface area (Å²) in [7, 11) is 0. The smallest absolute Gasteiger partial charge is 0.131 e. The van der Waals surface area contributed by atoms with Crippen molar-refractivity contribution in [3.05, 3.63) is 22.2 Å². The van der Waals surface area contributed by atoms with Crippen LogP contribution in [0.2, 0.25) is 0 Å². The Kier molecular flexibility index (Phi) is 2.31. The normalized spacial score (nSPS) is 33.6. The number of aliphatic hydroxyl groups excluding tert-OH is 1. The lowest BCUT2D eigenvalue weighted by atomic mass is 9.73. The van der Waals surface area contributed by atoms with Gasteiger partial charge in [-0.3, -0.25) is 0 Å². The molecule has 1 heterocycles. The summed E-state index contributed by atoms with van der Waals surface area (Å²) in [4.78, 5) is 8.88. The van der Waals surface area contributed by atoms with Crippen molar-refractivity contribution in [3.63, 3.8) is 0 Å². The van der Waals surface area contributed by atoms with Crippen molar-refractivity contribution in [3.8, 4) is 0 Å². The lowest BCUT2D eigenvalue weighted by Crippen LogP contribution is -2.52. The van der Waals surface area contributed by atoms with Crippen LogP contribution < -0.4 is 5.73 Å². The number of hydrogen-bond acceptors (Lipinski definition) is 4. The number of rotatable bonds is 2. The van der Waals surface area contributed by atoms with Crippen molar-refractivity contribution in [1.29, 1.82) is 0 Å². The van der Waals surface area contributed by atoms with Gasteiger partial charge in [0.05, 0.1) is 21.8 Å². The Hall–Kier alpha value is -0.520. The van der Waals surface area contributed by atoms with Crippen LogP contribution in [0.4, 0.5) is 0 Å². The standard InChI is InChI=1S/C11H14BrN3O/c12-8-5-14-10(6-1-2-6)15-9(8)11(13)3-7(16)4-11/h5-7,16H,1-4,13H2. The maximum atomic E-state index is 9.39. The number of nitrogens with two attached hydrogens (primary N) is 1. The molecule has 0 unspecified atom stereocenters. The molecule has 1 aromatic rings. The minimum absolute atomic E-state index is 0.281. The number of aliphatic hydroxyl groups is 1. The lowest BCUT2D eigenvalue weighted by molar-refractivity contribution is 0.0182. The first-order chi connectivity index (χ1) is 7.58. The van der Waals surface area contributed by atoms with Crippen LogP contribution >= 0.6 is 15.9 Å². The third-order valence-corrected chi connectivity index (χ3v) is 3.96. The van der Waals surface area contributed by atoms with Gasteiger partial charge in [0.25, 0.3) is 0 Å². The molecule has 0 atom stereocenters. The van der Waals surface area contributed by atoms with E-state index in [0.717, 1.165) is 16.0 Å². The predicted octanol–water partition coefficient (Wildman–Crippen LogP) is 1.43. The van der Waals surface area contributed by atoms with E-state index in [0.29, 0.717) is 18.8 Å². The Morgan fingerprint density at radius 1 is 1.44 bits per heavy atom. The Morgan fingerprint density at radius 2 is 2.12 bits per heavy atom. The Labute approximate surface area is 102 Å². The van der Waals surface area contributed by atoms with Crippen LogP contribution in [0.5, 0.6) is 0 Å². The van der Waals surface area contributed by atoms with Crippen molar-refractivity contribution >= 4 is 15.9 Å². The molecule has 0 aromatic carbocycles. The van der Waals surface area contributed by atoms with Gasteiger partial charge in [-0.1, -0.05) is 0 Å². The fourth-order valence-corrected chi connectivity index (χ4v) is 2.83. The van der Waals surface area contributed by atoms with E-state index >= 15 is 0 Å². The number of hydrogen-bond donors (Lipinski definition) is 2. The van der Waals surface area contributed by atoms with Crippen LogP contribution in [0.25, 0.3) is 0 Å². The van der Waals surface area contributed by atoms with Crippen molar-refractivity contribution in [2.45, 2.75) is 43.2 Å². The zero-order chi connectivity index (χ0) is 11.3. The van der Waals surface area contributed by atoms with Gasteiger partial charge < -0.3 is 10.8 Å². The highest BCUT2D eigenvalue weighted by Gasteiger charge is 2.44. The second-order valence-electron chi connectivity index (χ2n) is 4.92. The first kappa shape index (κ1) is 10.6. The minimum atomic E-state index is -0.467. The van der Waals surface area contributed by atoms with Crippen LogP contribution in [0, 0.1) is 0 Å². The van der Waals surface area contributed by atoms with Gasteiger partial charge in [-0.2, -0.15) is 0 Å². The fourth-order valence-electron chi connectivity index (χ4n) is 2.24. The zero-order valence-electron chi connectivity index (χ0n) is 8.86. The summed E-state index contributed by atoms with van der Waals surface area (Å²) in [6.45, 7) is 0. The van der Waals surface area contributed by atoms with E-state index < -0.39 is 5.54 Å². The fraction of sp³-hybridized carbons (Fsp3) is 0.636. The van der Waals surface area contributed by atoms with E-state index in [2.05, 4.69) is 25.9 Å². The third kappa shape index (κ3) is 1.67. The summed E-state index contributed by atoms with van der Waals surface area (Å²) in [5.41, 5.74) is 6.61. The van der Waals surface area contributed by atoms with Gasteiger partial charge in [-0.15, -0.1) is 0 Å². The molecule has 4 nitrogen and oxygen atoms in total. The highest BCUT2D eigenvalue weighted by Crippen LogP contribution is 2.43. The van der Waals surface area contributed by atoms with Crippen LogP contribution in [0.1, 0.15) is 43.1 Å². The molecule has 0 bridgehead atoms. The van der Waals surface area contributed by atoms with Gasteiger partial charge in [0.2, 0.25) is 0 Å². The first-order valence-corrected chi connectivity index (χ1v) is 6.38. The molecule has 3 rings (SSSR count). The maximum absolute atomic E-state index is 9.39. The van der Waals surface area contributed by atoms with Crippen LogP contribution in [0.15, 0.2) is 10.7 Å². The molecule has 5 heteroatoms. The number of halogens is 1. The highest BCUT2D eigenvalue weighted by molar-refractivity contribution is 9.10. The Morgan fingerprint density at radius 3 is 2.69 bits per heavy atom. The monoisotopic (exact) mass is 283 g/mol. The van der Waals surface area contributed by atoms with E-state index in [4.69, 9.17) is 5.73 Å². The molecule has 2 saturated carbocycles. The van der Waals surface area contributed by atoms with Gasteiger partial charge in [0.15, 0.2) is 0 Å². The molecule has 0 saturated heterocycles. The molecule has 0 spiro atoms. The SMILES string of the molecule is NC1(c2nc(C3CC3)ncc2Br)CC(O)C1. The summed E-state index contributed by atoms with van der Waals surface area (Å²) >= 11 is 3.44. The lowest BCUT2D eigenvalue weighted by Gasteiger charge is -2.42. The molecule has 86 valence electrons. The van der Waals surface area contributed by atoms with Gasteiger partial charge in [0.1, 0.15) is 5.82 Å². The minimum Gasteiger partial charge on any atom is -0.393 e. The van der Waals surface area contributed by atoms with E-state index in [-0.39, 0.29) is 6.10 Å². The Balaban J connectivity index is 1.95. The molecule has 2 fully saturated rings. The average Bonchev–Trinajstić information content (AvgIpc) is 2.99. The van der Waals surface area contributed by atoms with Gasteiger partial charge in [-0.25, -0.2) is 9.97 Å². The maximum Gasteiger partial charge on any atom is 0.131 e. The van der Waals surface area contributed by atoms with Gasteiger partial charge >= 0.3 is 0 Å². The third-order valence-electron chi connectivity index (χ3n) is 3.38. The zero-order valence-corrected chi connectivity index (χ0v) is 10.4. The van der Waals surface area contributed by atoms with Gasteiger partial charge in [-0.05, 0) is 41.6 Å². The largest absolute Gasteiger partial charge is 0.393 e. The summed E-state index contributed by atoms with van der Waals surface area (Å²) in [6.07, 6.45) is 5.05. The van der Waals surface area contributed by atoms with E-state index in [1.165, 1.54) is 12.8 Å². The van der Waals surface area contributed by atoms with Crippen molar-refractivity contribution in [2.24, 2.45) is 5.73 Å². The first-order valence-electron chi connectivity index (χ1n) is 5.58. The Bertz CT molecular complexity index is 427. The molecular formula is C11H14BrN3O. The quantitative estimate of drug-likeness (QED) is 0.861. The van der Waals surface area contributed by atoms with Crippen LogP contribution in [-0.2, 0) is 5.54 Å². The molecule has 0 aliphatic heterocycles. The summed E-state index contributed by atoms with van der Waals surface area (Å²) in [5.74, 6) is 1.44. The molecule has 0 amide bonds. The van der Waals surface area contributed by atoms with Crippen LogP contribution in [0.3, 0.4) is 0 Å². The molecule has 2 aliphatic carbocycles. The van der Waals surface area contributed by atoms with Crippen LogP contribution in [-0.4, -0.2) is 21.2 Å². The molecule has 0 radical (unpaired) electrons. The van der Waals surface area contributed by atoms with Gasteiger partial charge in [0, 0.05) is 12.1 Å². The molecule has 1 aromatic heterocycles. The highest BCUT2D eigenvalue weighted by atomic mass is 79.9. The van der Waals surface area contributed by atoms with E-state index in [1.54, 1.807) is 6.20 Å². The number of aromatic nitrogens is 2. The molecule has 3 N–H and O–H groups in total. The average molecular weight is 284 g/mol. The summed E-state index contributed by atoms with van der Waals surface area (Å²) in [5, 5.41) is 9.39. The number of nitrogens with zero attached hydrogens (tertiary/aromatic N) is 2. The second kappa shape index (κ2) is 3.48. The van der Waals surface area contributed by atoms with Crippen molar-refractivity contribution in [1.82, 2.24) is 9.97 Å². The predicted molar refractivity (Wildman–Crippen MR) is 62.8 cm³/mol. The van der Waals surface area contributed by atoms with Crippen molar-refractivity contribution in [2.75, 3.05) is 0 Å². The topological polar surface area (TPSA) is 72.0 Å². The second-order valence-corrected chi connectivity index (χ2v) is 5.77. The van der Waals surface area contributed by atoms with Crippen molar-refractivity contribution < 1.29 is 5.11 Å². The van der Waals surface area contributed by atoms with E-state index in [9.17, 15) is 5.11 Å². The summed E-state index contributed by atoms with van der Waals surface area (Å²) in [6, 6.07) is 0. The molecule has 2 aliphatic rings. The molecule has 16 heavy (non-hydrogen) atoms. The summed E-state index contributed by atoms with van der Waals surface area (Å²) < 4.78 is 0.853. The molecular weight excluding hydrogens is 270 g/mol.